The summed E-state index contributed by atoms with van der Waals surface area (Å²) in [4.78, 5) is 11.0. The topological polar surface area (TPSA) is 17.1 Å². The van der Waals surface area contributed by atoms with Gasteiger partial charge in [-0.05, 0) is 24.2 Å². The van der Waals surface area contributed by atoms with Crippen molar-refractivity contribution in [3.63, 3.8) is 0 Å². The molecule has 0 N–H and O–H groups in total. The minimum Gasteiger partial charge on any atom is -0.300 e. The second kappa shape index (κ2) is 3.38. The molecular formula is C10H18O. The van der Waals surface area contributed by atoms with E-state index in [2.05, 4.69) is 20.8 Å². The zero-order valence-electron chi connectivity index (χ0n) is 7.76. The van der Waals surface area contributed by atoms with Crippen molar-refractivity contribution in [2.75, 3.05) is 0 Å². The Morgan fingerprint density at radius 2 is 2.09 bits per heavy atom. The van der Waals surface area contributed by atoms with Gasteiger partial charge in [0.2, 0.25) is 0 Å². The van der Waals surface area contributed by atoms with Crippen LogP contribution in [0.15, 0.2) is 0 Å². The molecule has 1 heteroatoms. The van der Waals surface area contributed by atoms with Crippen LogP contribution < -0.4 is 0 Å². The molecule has 0 aromatic heterocycles. The first-order chi connectivity index (χ1) is 5.11. The molecule has 64 valence electrons. The third kappa shape index (κ3) is 2.05. The predicted octanol–water partition coefficient (Wildman–Crippen LogP) is 2.65. The molecule has 0 amide bonds. The number of hydrogen-bond acceptors (Lipinski definition) is 1. The van der Waals surface area contributed by atoms with Crippen LogP contribution in [0.2, 0.25) is 0 Å². The SMILES string of the molecule is CC(C)[C@@H]1CCC(=O)C[C@@H]1C. The van der Waals surface area contributed by atoms with Gasteiger partial charge in [-0.2, -0.15) is 0 Å². The highest BCUT2D eigenvalue weighted by Crippen LogP contribution is 2.32. The van der Waals surface area contributed by atoms with E-state index >= 15 is 0 Å². The van der Waals surface area contributed by atoms with E-state index in [0.717, 1.165) is 31.1 Å². The van der Waals surface area contributed by atoms with E-state index < -0.39 is 0 Å². The maximum Gasteiger partial charge on any atom is 0.133 e. The smallest absolute Gasteiger partial charge is 0.133 e. The molecule has 0 aliphatic heterocycles. The van der Waals surface area contributed by atoms with E-state index in [4.69, 9.17) is 0 Å². The number of Topliss-reactive ketones (excluding diaryl/α,β-unsaturated/α-hetero) is 1. The second-order valence-corrected chi connectivity index (χ2v) is 4.17. The van der Waals surface area contributed by atoms with Gasteiger partial charge in [0.05, 0.1) is 0 Å². The largest absolute Gasteiger partial charge is 0.300 e. The summed E-state index contributed by atoms with van der Waals surface area (Å²) in [5.41, 5.74) is 0. The molecule has 1 rings (SSSR count). The van der Waals surface area contributed by atoms with Crippen molar-refractivity contribution in [1.82, 2.24) is 0 Å². The van der Waals surface area contributed by atoms with Crippen molar-refractivity contribution in [2.45, 2.75) is 40.0 Å². The Hall–Kier alpha value is -0.330. The number of ketones is 1. The molecule has 1 fully saturated rings. The van der Waals surface area contributed by atoms with Gasteiger partial charge >= 0.3 is 0 Å². The van der Waals surface area contributed by atoms with E-state index in [1.807, 2.05) is 0 Å². The Balaban J connectivity index is 2.50. The van der Waals surface area contributed by atoms with Gasteiger partial charge in [0.25, 0.3) is 0 Å². The first-order valence-corrected chi connectivity index (χ1v) is 4.63. The summed E-state index contributed by atoms with van der Waals surface area (Å²) in [6.07, 6.45) is 2.77. The quantitative estimate of drug-likeness (QED) is 0.567. The summed E-state index contributed by atoms with van der Waals surface area (Å²) in [5, 5.41) is 0. The standard InChI is InChI=1S/C10H18O/c1-7(2)10-5-4-9(11)6-8(10)3/h7-8,10H,4-6H2,1-3H3/t8-,10-/m0/s1. The molecule has 0 spiro atoms. The molecule has 2 atom stereocenters. The van der Waals surface area contributed by atoms with Gasteiger partial charge in [0.1, 0.15) is 5.78 Å². The summed E-state index contributed by atoms with van der Waals surface area (Å²) >= 11 is 0. The first kappa shape index (κ1) is 8.76. The van der Waals surface area contributed by atoms with Gasteiger partial charge in [0, 0.05) is 12.8 Å². The van der Waals surface area contributed by atoms with Crippen LogP contribution in [0.5, 0.6) is 0 Å². The van der Waals surface area contributed by atoms with Gasteiger partial charge in [0.15, 0.2) is 0 Å². The van der Waals surface area contributed by atoms with Gasteiger partial charge in [-0.15, -0.1) is 0 Å². The second-order valence-electron chi connectivity index (χ2n) is 4.17. The van der Waals surface area contributed by atoms with Crippen LogP contribution in [0.3, 0.4) is 0 Å². The molecule has 1 saturated carbocycles. The first-order valence-electron chi connectivity index (χ1n) is 4.63. The van der Waals surface area contributed by atoms with Gasteiger partial charge in [-0.1, -0.05) is 20.8 Å². The van der Waals surface area contributed by atoms with Gasteiger partial charge in [-0.25, -0.2) is 0 Å². The molecule has 0 aromatic carbocycles. The maximum absolute atomic E-state index is 11.0. The van der Waals surface area contributed by atoms with Gasteiger partial charge in [-0.3, -0.25) is 4.79 Å². The lowest BCUT2D eigenvalue weighted by Gasteiger charge is -2.30. The highest BCUT2D eigenvalue weighted by atomic mass is 16.1. The molecule has 0 saturated heterocycles. The fraction of sp³-hybridized carbons (Fsp3) is 0.900. The number of hydrogen-bond donors (Lipinski definition) is 0. The Morgan fingerprint density at radius 1 is 1.45 bits per heavy atom. The minimum absolute atomic E-state index is 0.467. The molecule has 1 aliphatic carbocycles. The van der Waals surface area contributed by atoms with E-state index in [9.17, 15) is 4.79 Å². The van der Waals surface area contributed by atoms with E-state index in [1.165, 1.54) is 0 Å². The third-order valence-electron chi connectivity index (χ3n) is 2.89. The zero-order chi connectivity index (χ0) is 8.43. The Labute approximate surface area is 69.2 Å². The van der Waals surface area contributed by atoms with Crippen LogP contribution >= 0.6 is 0 Å². The molecule has 1 aliphatic rings. The Bertz CT molecular complexity index is 149. The maximum atomic E-state index is 11.0. The lowest BCUT2D eigenvalue weighted by Crippen LogP contribution is -2.26. The lowest BCUT2D eigenvalue weighted by atomic mass is 9.74. The zero-order valence-corrected chi connectivity index (χ0v) is 7.76. The summed E-state index contributed by atoms with van der Waals surface area (Å²) < 4.78 is 0. The molecule has 0 unspecified atom stereocenters. The highest BCUT2D eigenvalue weighted by molar-refractivity contribution is 5.79. The molecule has 11 heavy (non-hydrogen) atoms. The van der Waals surface area contributed by atoms with Crippen molar-refractivity contribution < 1.29 is 4.79 Å². The van der Waals surface area contributed by atoms with Crippen LogP contribution in [0, 0.1) is 17.8 Å². The monoisotopic (exact) mass is 154 g/mol. The molecule has 0 radical (unpaired) electrons. The van der Waals surface area contributed by atoms with Crippen LogP contribution in [0.4, 0.5) is 0 Å². The average molecular weight is 154 g/mol. The minimum atomic E-state index is 0.467. The number of rotatable bonds is 1. The Kier molecular flexibility index (Phi) is 2.69. The van der Waals surface area contributed by atoms with Crippen molar-refractivity contribution >= 4 is 5.78 Å². The Morgan fingerprint density at radius 3 is 2.55 bits per heavy atom. The summed E-state index contributed by atoms with van der Waals surface area (Å²) in [7, 11) is 0. The van der Waals surface area contributed by atoms with Crippen molar-refractivity contribution in [2.24, 2.45) is 17.8 Å². The molecule has 0 heterocycles. The van der Waals surface area contributed by atoms with Crippen molar-refractivity contribution in [1.29, 1.82) is 0 Å². The third-order valence-corrected chi connectivity index (χ3v) is 2.89. The number of carbonyl (C=O) groups is 1. The highest BCUT2D eigenvalue weighted by Gasteiger charge is 2.27. The number of carbonyl (C=O) groups excluding carboxylic acids is 1. The lowest BCUT2D eigenvalue weighted by molar-refractivity contribution is -0.122. The molecule has 1 nitrogen and oxygen atoms in total. The van der Waals surface area contributed by atoms with E-state index in [0.29, 0.717) is 11.7 Å². The summed E-state index contributed by atoms with van der Waals surface area (Å²) in [6, 6.07) is 0. The predicted molar refractivity (Wildman–Crippen MR) is 46.4 cm³/mol. The van der Waals surface area contributed by atoms with Crippen LogP contribution in [-0.2, 0) is 4.79 Å². The van der Waals surface area contributed by atoms with Gasteiger partial charge < -0.3 is 0 Å². The van der Waals surface area contributed by atoms with Crippen molar-refractivity contribution in [3.05, 3.63) is 0 Å². The summed E-state index contributed by atoms with van der Waals surface area (Å²) in [6.45, 7) is 6.73. The van der Waals surface area contributed by atoms with Crippen LogP contribution in [0.25, 0.3) is 0 Å². The van der Waals surface area contributed by atoms with Crippen LogP contribution in [-0.4, -0.2) is 5.78 Å². The van der Waals surface area contributed by atoms with Crippen LogP contribution in [0.1, 0.15) is 40.0 Å². The fourth-order valence-corrected chi connectivity index (χ4v) is 2.22. The molecule has 0 aromatic rings. The fourth-order valence-electron chi connectivity index (χ4n) is 2.22. The van der Waals surface area contributed by atoms with E-state index in [1.54, 1.807) is 0 Å². The summed E-state index contributed by atoms with van der Waals surface area (Å²) in [5.74, 6) is 2.62. The van der Waals surface area contributed by atoms with E-state index in [-0.39, 0.29) is 0 Å². The molecular weight excluding hydrogens is 136 g/mol. The normalized spacial score (nSPS) is 32.9. The average Bonchev–Trinajstić information content (AvgIpc) is 1.85. The molecule has 0 bridgehead atoms. The van der Waals surface area contributed by atoms with Crippen molar-refractivity contribution in [3.8, 4) is 0 Å².